The molecule has 1 aromatic carbocycles. The second-order valence-corrected chi connectivity index (χ2v) is 7.41. The molecule has 0 amide bonds. The number of hydrogen-bond donors (Lipinski definition) is 0. The molecule has 1 fully saturated rings. The van der Waals surface area contributed by atoms with E-state index in [1.165, 1.54) is 19.3 Å². The molecule has 6 nitrogen and oxygen atoms in total. The summed E-state index contributed by atoms with van der Waals surface area (Å²) in [5.41, 5.74) is 2.92. The van der Waals surface area contributed by atoms with E-state index in [9.17, 15) is 4.79 Å². The van der Waals surface area contributed by atoms with E-state index in [-0.39, 0.29) is 5.56 Å². The topological polar surface area (TPSA) is 55.4 Å². The maximum atomic E-state index is 13.2. The number of rotatable bonds is 4. The van der Waals surface area contributed by atoms with Gasteiger partial charge in [-0.3, -0.25) is 4.79 Å². The Bertz CT molecular complexity index is 1150. The van der Waals surface area contributed by atoms with Gasteiger partial charge in [0.05, 0.1) is 29.5 Å². The highest BCUT2D eigenvalue weighted by Crippen LogP contribution is 2.26. The van der Waals surface area contributed by atoms with Crippen LogP contribution in [-0.2, 0) is 13.0 Å². The molecule has 0 N–H and O–H groups in total. The summed E-state index contributed by atoms with van der Waals surface area (Å²) in [5, 5.41) is 6.11. The van der Waals surface area contributed by atoms with Gasteiger partial charge in [0.1, 0.15) is 5.65 Å². The Kier molecular flexibility index (Phi) is 4.31. The van der Waals surface area contributed by atoms with Crippen LogP contribution in [0.25, 0.3) is 16.4 Å². The lowest BCUT2D eigenvalue weighted by Crippen LogP contribution is -2.32. The van der Waals surface area contributed by atoms with Gasteiger partial charge in [0.15, 0.2) is 0 Å². The fraction of sp³-hybridized carbons (Fsp3) is 0.318. The molecule has 0 atom stereocenters. The van der Waals surface area contributed by atoms with Gasteiger partial charge in [-0.25, -0.2) is 9.67 Å². The summed E-state index contributed by atoms with van der Waals surface area (Å²) in [7, 11) is 0. The standard InChI is InChI=1S/C22H23N5O/c28-22-21-17(7-6-8-19(21)25-11-3-1-4-12-25)15-23-27(22)14-10-18-16-26-13-5-2-9-20(26)24-18/h2,5-9,13,15-16H,1,3-4,10-12,14H2. The first-order valence-electron chi connectivity index (χ1n) is 9.96. The first-order chi connectivity index (χ1) is 13.8. The molecule has 0 aliphatic carbocycles. The van der Waals surface area contributed by atoms with E-state index in [1.54, 1.807) is 4.68 Å². The third-order valence-electron chi connectivity index (χ3n) is 5.55. The van der Waals surface area contributed by atoms with Gasteiger partial charge in [-0.2, -0.15) is 5.10 Å². The van der Waals surface area contributed by atoms with Gasteiger partial charge in [-0.05, 0) is 37.5 Å². The Morgan fingerprint density at radius 2 is 1.89 bits per heavy atom. The second-order valence-electron chi connectivity index (χ2n) is 7.41. The summed E-state index contributed by atoms with van der Waals surface area (Å²) in [6.45, 7) is 2.55. The van der Waals surface area contributed by atoms with Gasteiger partial charge < -0.3 is 9.30 Å². The summed E-state index contributed by atoms with van der Waals surface area (Å²) >= 11 is 0. The molecule has 1 saturated heterocycles. The number of hydrogen-bond acceptors (Lipinski definition) is 4. The summed E-state index contributed by atoms with van der Waals surface area (Å²) in [5.74, 6) is 0. The number of piperidine rings is 1. The van der Waals surface area contributed by atoms with E-state index in [1.807, 2.05) is 53.3 Å². The van der Waals surface area contributed by atoms with Crippen molar-refractivity contribution in [3.05, 3.63) is 71.0 Å². The van der Waals surface area contributed by atoms with Crippen LogP contribution in [0.2, 0.25) is 0 Å². The van der Waals surface area contributed by atoms with Crippen molar-refractivity contribution in [3.63, 3.8) is 0 Å². The van der Waals surface area contributed by atoms with Crippen molar-refractivity contribution < 1.29 is 0 Å². The third kappa shape index (κ3) is 3.05. The molecule has 5 rings (SSSR count). The van der Waals surface area contributed by atoms with Crippen LogP contribution < -0.4 is 10.5 Å². The maximum Gasteiger partial charge on any atom is 0.276 e. The average Bonchev–Trinajstić information content (AvgIpc) is 3.16. The van der Waals surface area contributed by atoms with Crippen molar-refractivity contribution in [2.45, 2.75) is 32.2 Å². The van der Waals surface area contributed by atoms with Crippen LogP contribution in [0.1, 0.15) is 25.0 Å². The lowest BCUT2D eigenvalue weighted by Gasteiger charge is -2.29. The number of aryl methyl sites for hydroxylation is 2. The van der Waals surface area contributed by atoms with E-state index in [0.29, 0.717) is 13.0 Å². The van der Waals surface area contributed by atoms with Crippen molar-refractivity contribution in [3.8, 4) is 0 Å². The zero-order chi connectivity index (χ0) is 18.9. The highest BCUT2D eigenvalue weighted by atomic mass is 16.1. The van der Waals surface area contributed by atoms with Gasteiger partial charge >= 0.3 is 0 Å². The molecule has 0 spiro atoms. The van der Waals surface area contributed by atoms with E-state index >= 15 is 0 Å². The van der Waals surface area contributed by atoms with Crippen LogP contribution in [-0.4, -0.2) is 32.3 Å². The molecule has 0 saturated carbocycles. The molecule has 142 valence electrons. The number of imidazole rings is 1. The number of pyridine rings is 1. The van der Waals surface area contributed by atoms with Gasteiger partial charge in [-0.1, -0.05) is 18.2 Å². The van der Waals surface area contributed by atoms with Crippen LogP contribution in [0, 0.1) is 0 Å². The second kappa shape index (κ2) is 7.11. The lowest BCUT2D eigenvalue weighted by atomic mass is 10.1. The Morgan fingerprint density at radius 3 is 2.75 bits per heavy atom. The summed E-state index contributed by atoms with van der Waals surface area (Å²) in [6, 6.07) is 12.0. The number of nitrogens with zero attached hydrogens (tertiary/aromatic N) is 5. The minimum atomic E-state index is -0.0116. The van der Waals surface area contributed by atoms with E-state index in [0.717, 1.165) is 40.9 Å². The number of anilines is 1. The minimum absolute atomic E-state index is 0.0116. The van der Waals surface area contributed by atoms with Gasteiger partial charge in [0.2, 0.25) is 0 Å². The van der Waals surface area contributed by atoms with Crippen LogP contribution in [0.3, 0.4) is 0 Å². The molecular formula is C22H23N5O. The molecule has 4 heterocycles. The van der Waals surface area contributed by atoms with Crippen molar-refractivity contribution in [1.82, 2.24) is 19.2 Å². The largest absolute Gasteiger partial charge is 0.371 e. The predicted octanol–water partition coefficient (Wildman–Crippen LogP) is 3.28. The molecule has 0 radical (unpaired) electrons. The van der Waals surface area contributed by atoms with E-state index < -0.39 is 0 Å². The number of fused-ring (bicyclic) bond motifs is 2. The van der Waals surface area contributed by atoms with Crippen molar-refractivity contribution >= 4 is 22.1 Å². The molecule has 1 aliphatic heterocycles. The van der Waals surface area contributed by atoms with Crippen molar-refractivity contribution in [1.29, 1.82) is 0 Å². The normalized spacial score (nSPS) is 14.8. The Morgan fingerprint density at radius 1 is 1.00 bits per heavy atom. The number of aromatic nitrogens is 4. The molecule has 6 heteroatoms. The Labute approximate surface area is 163 Å². The van der Waals surface area contributed by atoms with Crippen LogP contribution in [0.4, 0.5) is 5.69 Å². The minimum Gasteiger partial charge on any atom is -0.371 e. The van der Waals surface area contributed by atoms with Crippen molar-refractivity contribution in [2.75, 3.05) is 18.0 Å². The molecule has 0 bridgehead atoms. The highest BCUT2D eigenvalue weighted by Gasteiger charge is 2.16. The van der Waals surface area contributed by atoms with Crippen molar-refractivity contribution in [2.24, 2.45) is 0 Å². The molecule has 28 heavy (non-hydrogen) atoms. The van der Waals surface area contributed by atoms with Gasteiger partial charge in [0.25, 0.3) is 5.56 Å². The SMILES string of the molecule is O=c1c2c(N3CCCCC3)cccc2cnn1CCc1cn2ccccc2n1. The first kappa shape index (κ1) is 17.0. The van der Waals surface area contributed by atoms with Gasteiger partial charge in [-0.15, -0.1) is 0 Å². The molecular weight excluding hydrogens is 350 g/mol. The van der Waals surface area contributed by atoms with E-state index in [2.05, 4.69) is 21.0 Å². The summed E-state index contributed by atoms with van der Waals surface area (Å²) in [4.78, 5) is 20.2. The zero-order valence-electron chi connectivity index (χ0n) is 15.8. The fourth-order valence-electron chi connectivity index (χ4n) is 4.10. The highest BCUT2D eigenvalue weighted by molar-refractivity contribution is 5.93. The summed E-state index contributed by atoms with van der Waals surface area (Å²) < 4.78 is 3.58. The smallest absolute Gasteiger partial charge is 0.276 e. The molecule has 4 aromatic rings. The Hall–Kier alpha value is -3.15. The zero-order valence-corrected chi connectivity index (χ0v) is 15.8. The third-order valence-corrected chi connectivity index (χ3v) is 5.55. The predicted molar refractivity (Wildman–Crippen MR) is 111 cm³/mol. The maximum absolute atomic E-state index is 13.2. The summed E-state index contributed by atoms with van der Waals surface area (Å²) in [6.07, 6.45) is 10.1. The molecule has 3 aromatic heterocycles. The lowest BCUT2D eigenvalue weighted by molar-refractivity contribution is 0.573. The Balaban J connectivity index is 1.47. The van der Waals surface area contributed by atoms with Crippen LogP contribution in [0.5, 0.6) is 0 Å². The number of benzene rings is 1. The van der Waals surface area contributed by atoms with E-state index in [4.69, 9.17) is 0 Å². The molecule has 0 unspecified atom stereocenters. The monoisotopic (exact) mass is 373 g/mol. The first-order valence-corrected chi connectivity index (χ1v) is 9.96. The van der Waals surface area contributed by atoms with Gasteiger partial charge in [0, 0.05) is 37.3 Å². The molecule has 1 aliphatic rings. The quantitative estimate of drug-likeness (QED) is 0.551. The van der Waals surface area contributed by atoms with Crippen LogP contribution in [0.15, 0.2) is 59.8 Å². The van der Waals surface area contributed by atoms with Crippen LogP contribution >= 0.6 is 0 Å². The average molecular weight is 373 g/mol. The fourth-order valence-corrected chi connectivity index (χ4v) is 4.10.